The number of benzene rings is 1. The Labute approximate surface area is 119 Å². The summed E-state index contributed by atoms with van der Waals surface area (Å²) in [5.41, 5.74) is 1.31. The minimum atomic E-state index is 0.802. The number of methoxy groups -OCH3 is 2. The maximum atomic E-state index is 5.51. The fraction of sp³-hybridized carbons (Fsp3) is 0.571. The normalized spacial score (nSPS) is 16.4. The Morgan fingerprint density at radius 1 is 1.21 bits per heavy atom. The van der Waals surface area contributed by atoms with Crippen molar-refractivity contribution in [1.29, 1.82) is 0 Å². The van der Waals surface area contributed by atoms with Gasteiger partial charge < -0.3 is 14.8 Å². The molecule has 4 nitrogen and oxygen atoms in total. The van der Waals surface area contributed by atoms with E-state index in [1.807, 2.05) is 6.07 Å². The van der Waals surface area contributed by atoms with Gasteiger partial charge in [0.1, 0.15) is 0 Å². The van der Waals surface area contributed by atoms with Crippen molar-refractivity contribution in [3.05, 3.63) is 17.7 Å². The first kappa shape index (κ1) is 14.5. The summed E-state index contributed by atoms with van der Waals surface area (Å²) in [5, 5.41) is 3.38. The second kappa shape index (κ2) is 7.03. The lowest BCUT2D eigenvalue weighted by molar-refractivity contribution is 0.231. The molecule has 0 aromatic heterocycles. The molecule has 1 heterocycles. The van der Waals surface area contributed by atoms with Gasteiger partial charge in [0.05, 0.1) is 19.1 Å². The lowest BCUT2D eigenvalue weighted by Gasteiger charge is -2.28. The van der Waals surface area contributed by atoms with Crippen molar-refractivity contribution in [2.75, 3.05) is 46.7 Å². The summed E-state index contributed by atoms with van der Waals surface area (Å²) in [6.45, 7) is 5.31. The first-order valence-corrected chi connectivity index (χ1v) is 7.73. The number of nitrogens with one attached hydrogen (secondary N) is 1. The van der Waals surface area contributed by atoms with E-state index >= 15 is 0 Å². The summed E-state index contributed by atoms with van der Waals surface area (Å²) < 4.78 is 10.9. The van der Waals surface area contributed by atoms with E-state index in [4.69, 9.17) is 9.47 Å². The van der Waals surface area contributed by atoms with Crippen LogP contribution in [0.4, 0.5) is 0 Å². The van der Waals surface area contributed by atoms with E-state index in [0.717, 1.165) is 44.2 Å². The largest absolute Gasteiger partial charge is 0.493 e. The van der Waals surface area contributed by atoms with Crippen molar-refractivity contribution < 1.29 is 9.47 Å². The van der Waals surface area contributed by atoms with Crippen LogP contribution < -0.4 is 14.8 Å². The Morgan fingerprint density at radius 2 is 1.95 bits per heavy atom. The molecule has 2 rings (SSSR count). The molecule has 1 aromatic carbocycles. The molecule has 0 bridgehead atoms. The van der Waals surface area contributed by atoms with Gasteiger partial charge in [0.25, 0.3) is 0 Å². The summed E-state index contributed by atoms with van der Waals surface area (Å²) in [5.74, 6) is 1.65. The van der Waals surface area contributed by atoms with E-state index in [-0.39, 0.29) is 0 Å². The fourth-order valence-corrected chi connectivity index (χ4v) is 3.16. The molecular formula is C14H22N2O2S. The third-order valence-electron chi connectivity index (χ3n) is 3.39. The minimum absolute atomic E-state index is 0.802. The van der Waals surface area contributed by atoms with E-state index in [9.17, 15) is 0 Å². The number of hydrogen-bond donors (Lipinski definition) is 1. The van der Waals surface area contributed by atoms with Crippen LogP contribution in [0.25, 0.3) is 0 Å². The van der Waals surface area contributed by atoms with Crippen LogP contribution in [0.5, 0.6) is 11.5 Å². The zero-order valence-corrected chi connectivity index (χ0v) is 12.7. The summed E-state index contributed by atoms with van der Waals surface area (Å²) in [7, 11) is 3.38. The topological polar surface area (TPSA) is 33.7 Å². The minimum Gasteiger partial charge on any atom is -0.493 e. The molecule has 0 spiro atoms. The Morgan fingerprint density at radius 3 is 2.53 bits per heavy atom. The van der Waals surface area contributed by atoms with Gasteiger partial charge >= 0.3 is 0 Å². The van der Waals surface area contributed by atoms with Gasteiger partial charge in [-0.25, -0.2) is 0 Å². The lowest BCUT2D eigenvalue weighted by Crippen LogP contribution is -2.42. The summed E-state index contributed by atoms with van der Waals surface area (Å²) in [6.07, 6.45) is 2.08. The Bertz CT molecular complexity index is 420. The zero-order chi connectivity index (χ0) is 13.7. The molecule has 1 saturated heterocycles. The predicted octanol–water partition coefficient (Wildman–Crippen LogP) is 1.83. The second-order valence-electron chi connectivity index (χ2n) is 4.52. The number of hydrogen-bond acceptors (Lipinski definition) is 5. The smallest absolute Gasteiger partial charge is 0.174 e. The molecule has 1 aromatic rings. The summed E-state index contributed by atoms with van der Waals surface area (Å²) >= 11 is 1.72. The Hall–Kier alpha value is -0.910. The molecule has 0 saturated carbocycles. The lowest BCUT2D eigenvalue weighted by atomic mass is 10.1. The average molecular weight is 282 g/mol. The van der Waals surface area contributed by atoms with Crippen LogP contribution in [-0.4, -0.2) is 51.6 Å². The highest BCUT2D eigenvalue weighted by molar-refractivity contribution is 7.98. The van der Waals surface area contributed by atoms with Crippen LogP contribution >= 0.6 is 11.8 Å². The number of nitrogens with zero attached hydrogens (tertiary/aromatic N) is 1. The summed E-state index contributed by atoms with van der Waals surface area (Å²) in [6, 6.07) is 4.14. The predicted molar refractivity (Wildman–Crippen MR) is 79.5 cm³/mol. The van der Waals surface area contributed by atoms with Gasteiger partial charge in [-0.15, -0.1) is 11.8 Å². The van der Waals surface area contributed by atoms with Crippen molar-refractivity contribution in [2.24, 2.45) is 0 Å². The number of thioether (sulfide) groups is 1. The third kappa shape index (κ3) is 3.35. The van der Waals surface area contributed by atoms with Gasteiger partial charge in [-0.05, 0) is 17.9 Å². The van der Waals surface area contributed by atoms with Gasteiger partial charge in [-0.2, -0.15) is 0 Å². The maximum Gasteiger partial charge on any atom is 0.174 e. The van der Waals surface area contributed by atoms with E-state index < -0.39 is 0 Å². The molecule has 1 aliphatic rings. The standard InChI is InChI=1S/C14H22N2O2S/c1-17-12-5-4-11(14(19-3)13(12)18-2)10-16-8-6-15-7-9-16/h4-5,15H,6-10H2,1-3H3. The van der Waals surface area contributed by atoms with Gasteiger partial charge in [-0.3, -0.25) is 4.90 Å². The number of rotatable bonds is 5. The fourth-order valence-electron chi connectivity index (χ4n) is 2.40. The van der Waals surface area contributed by atoms with Crippen molar-refractivity contribution in [3.63, 3.8) is 0 Å². The summed E-state index contributed by atoms with van der Waals surface area (Å²) in [4.78, 5) is 3.65. The van der Waals surface area contributed by atoms with Crippen molar-refractivity contribution in [2.45, 2.75) is 11.4 Å². The van der Waals surface area contributed by atoms with Crippen molar-refractivity contribution in [1.82, 2.24) is 10.2 Å². The van der Waals surface area contributed by atoms with Crippen LogP contribution in [0.2, 0.25) is 0 Å². The van der Waals surface area contributed by atoms with Crippen molar-refractivity contribution >= 4 is 11.8 Å². The van der Waals surface area contributed by atoms with Crippen LogP contribution in [0, 0.1) is 0 Å². The van der Waals surface area contributed by atoms with E-state index in [0.29, 0.717) is 0 Å². The van der Waals surface area contributed by atoms with E-state index in [1.54, 1.807) is 26.0 Å². The average Bonchev–Trinajstić information content (AvgIpc) is 2.47. The first-order chi connectivity index (χ1) is 9.30. The highest BCUT2D eigenvalue weighted by Crippen LogP contribution is 2.39. The molecule has 0 atom stereocenters. The van der Waals surface area contributed by atoms with Gasteiger partial charge in [-0.1, -0.05) is 6.07 Å². The molecule has 0 unspecified atom stereocenters. The highest BCUT2D eigenvalue weighted by atomic mass is 32.2. The molecule has 5 heteroatoms. The molecule has 1 aliphatic heterocycles. The SMILES string of the molecule is COc1ccc(CN2CCNCC2)c(SC)c1OC. The quantitative estimate of drug-likeness (QED) is 0.833. The van der Waals surface area contributed by atoms with Crippen LogP contribution in [-0.2, 0) is 6.54 Å². The van der Waals surface area contributed by atoms with Gasteiger partial charge in [0.15, 0.2) is 11.5 Å². The molecule has 0 amide bonds. The van der Waals surface area contributed by atoms with E-state index in [1.165, 1.54) is 10.5 Å². The first-order valence-electron chi connectivity index (χ1n) is 6.51. The van der Waals surface area contributed by atoms with Gasteiger partial charge in [0.2, 0.25) is 0 Å². The molecule has 1 N–H and O–H groups in total. The third-order valence-corrected chi connectivity index (χ3v) is 4.25. The van der Waals surface area contributed by atoms with Crippen LogP contribution in [0.15, 0.2) is 17.0 Å². The van der Waals surface area contributed by atoms with Gasteiger partial charge in [0, 0.05) is 32.7 Å². The molecule has 106 valence electrons. The van der Waals surface area contributed by atoms with Crippen molar-refractivity contribution in [3.8, 4) is 11.5 Å². The Kier molecular flexibility index (Phi) is 5.36. The zero-order valence-electron chi connectivity index (χ0n) is 11.9. The monoisotopic (exact) mass is 282 g/mol. The Balaban J connectivity index is 2.23. The molecule has 19 heavy (non-hydrogen) atoms. The number of piperazine rings is 1. The highest BCUT2D eigenvalue weighted by Gasteiger charge is 2.17. The molecule has 1 fully saturated rings. The van der Waals surface area contributed by atoms with Crippen LogP contribution in [0.3, 0.4) is 0 Å². The molecule has 0 aliphatic carbocycles. The number of ether oxygens (including phenoxy) is 2. The maximum absolute atomic E-state index is 5.51. The van der Waals surface area contributed by atoms with E-state index in [2.05, 4.69) is 22.5 Å². The molecular weight excluding hydrogens is 260 g/mol. The van der Waals surface area contributed by atoms with Crippen LogP contribution in [0.1, 0.15) is 5.56 Å². The molecule has 0 radical (unpaired) electrons. The second-order valence-corrected chi connectivity index (χ2v) is 5.34.